The van der Waals surface area contributed by atoms with Crippen molar-refractivity contribution in [2.45, 2.75) is 12.3 Å². The lowest BCUT2D eigenvalue weighted by Crippen LogP contribution is -2.28. The molecular formula is C19H20ClN3O2. The average molecular weight is 358 g/mol. The Hall–Kier alpha value is -2.37. The minimum atomic E-state index is -0.114. The van der Waals surface area contributed by atoms with Gasteiger partial charge >= 0.3 is 0 Å². The molecule has 0 aliphatic rings. The third-order valence-electron chi connectivity index (χ3n) is 4.07. The fraction of sp³-hybridized carbons (Fsp3) is 0.263. The molecule has 0 aliphatic carbocycles. The quantitative estimate of drug-likeness (QED) is 0.660. The van der Waals surface area contributed by atoms with Gasteiger partial charge in [0.05, 0.1) is 17.3 Å². The van der Waals surface area contributed by atoms with Gasteiger partial charge in [-0.15, -0.1) is 0 Å². The molecule has 5 nitrogen and oxygen atoms in total. The highest BCUT2D eigenvalue weighted by molar-refractivity contribution is 6.30. The molecule has 1 atom stereocenters. The van der Waals surface area contributed by atoms with Gasteiger partial charge in [0.1, 0.15) is 5.65 Å². The number of rotatable bonds is 7. The Kier molecular flexibility index (Phi) is 5.68. The zero-order chi connectivity index (χ0) is 17.6. The molecule has 0 saturated heterocycles. The van der Waals surface area contributed by atoms with E-state index in [4.69, 9.17) is 16.3 Å². The van der Waals surface area contributed by atoms with Gasteiger partial charge in [0.25, 0.3) is 0 Å². The number of pyridine rings is 1. The van der Waals surface area contributed by atoms with Gasteiger partial charge in [0.2, 0.25) is 5.91 Å². The van der Waals surface area contributed by atoms with Crippen molar-refractivity contribution in [3.63, 3.8) is 0 Å². The number of methoxy groups -OCH3 is 1. The summed E-state index contributed by atoms with van der Waals surface area (Å²) in [5.74, 6) is -0.139. The van der Waals surface area contributed by atoms with Gasteiger partial charge in [0, 0.05) is 38.4 Å². The lowest BCUT2D eigenvalue weighted by atomic mass is 9.92. The summed E-state index contributed by atoms with van der Waals surface area (Å²) in [5, 5.41) is 3.51. The number of benzene rings is 1. The molecule has 1 amide bonds. The van der Waals surface area contributed by atoms with Gasteiger partial charge in [-0.1, -0.05) is 41.9 Å². The number of hydrogen-bond acceptors (Lipinski definition) is 3. The van der Waals surface area contributed by atoms with Crippen LogP contribution in [0.25, 0.3) is 5.65 Å². The Morgan fingerprint density at radius 1 is 1.28 bits per heavy atom. The molecule has 2 aromatic heterocycles. The van der Waals surface area contributed by atoms with Crippen molar-refractivity contribution < 1.29 is 9.53 Å². The molecule has 1 N–H and O–H groups in total. The zero-order valence-corrected chi connectivity index (χ0v) is 14.7. The number of nitrogens with one attached hydrogen (secondary N) is 1. The number of carbonyl (C=O) groups is 1. The van der Waals surface area contributed by atoms with E-state index in [-0.39, 0.29) is 11.8 Å². The second kappa shape index (κ2) is 8.14. The van der Waals surface area contributed by atoms with E-state index in [1.165, 1.54) is 0 Å². The van der Waals surface area contributed by atoms with E-state index in [0.29, 0.717) is 24.6 Å². The Bertz CT molecular complexity index is 848. The standard InChI is InChI=1S/C19H20ClN3O2/c1-25-10-9-21-19(24)11-16(14-5-3-2-4-6-14)17-12-22-18-8-7-15(20)13-23(17)18/h2-8,12-13,16H,9-11H2,1H3,(H,21,24). The van der Waals surface area contributed by atoms with Crippen LogP contribution in [0.3, 0.4) is 0 Å². The largest absolute Gasteiger partial charge is 0.383 e. The summed E-state index contributed by atoms with van der Waals surface area (Å²) in [6.45, 7) is 0.989. The van der Waals surface area contributed by atoms with Crippen molar-refractivity contribution in [1.82, 2.24) is 14.7 Å². The first-order valence-electron chi connectivity index (χ1n) is 8.12. The van der Waals surface area contributed by atoms with Crippen LogP contribution in [0.2, 0.25) is 5.02 Å². The maximum Gasteiger partial charge on any atom is 0.221 e. The summed E-state index contributed by atoms with van der Waals surface area (Å²) in [7, 11) is 1.61. The van der Waals surface area contributed by atoms with Crippen molar-refractivity contribution in [3.8, 4) is 0 Å². The van der Waals surface area contributed by atoms with E-state index in [9.17, 15) is 4.79 Å². The smallest absolute Gasteiger partial charge is 0.221 e. The average Bonchev–Trinajstić information content (AvgIpc) is 3.03. The zero-order valence-electron chi connectivity index (χ0n) is 14.0. The third-order valence-corrected chi connectivity index (χ3v) is 4.30. The van der Waals surface area contributed by atoms with Gasteiger partial charge in [-0.3, -0.25) is 4.79 Å². The van der Waals surface area contributed by atoms with E-state index in [0.717, 1.165) is 16.9 Å². The van der Waals surface area contributed by atoms with Crippen LogP contribution >= 0.6 is 11.6 Å². The molecule has 130 valence electrons. The van der Waals surface area contributed by atoms with Crippen LogP contribution in [0.1, 0.15) is 23.6 Å². The minimum absolute atomic E-state index is 0.0251. The van der Waals surface area contributed by atoms with Gasteiger partial charge in [-0.2, -0.15) is 0 Å². The normalized spacial score (nSPS) is 12.2. The van der Waals surface area contributed by atoms with Crippen LogP contribution in [0.4, 0.5) is 0 Å². The number of carbonyl (C=O) groups excluding carboxylic acids is 1. The van der Waals surface area contributed by atoms with Gasteiger partial charge in [-0.05, 0) is 17.7 Å². The van der Waals surface area contributed by atoms with Crippen LogP contribution < -0.4 is 5.32 Å². The fourth-order valence-electron chi connectivity index (χ4n) is 2.86. The Morgan fingerprint density at radius 3 is 2.84 bits per heavy atom. The minimum Gasteiger partial charge on any atom is -0.383 e. The molecule has 0 aliphatic heterocycles. The summed E-state index contributed by atoms with van der Waals surface area (Å²) in [5.41, 5.74) is 2.80. The highest BCUT2D eigenvalue weighted by Gasteiger charge is 2.21. The molecule has 0 spiro atoms. The van der Waals surface area contributed by atoms with Crippen LogP contribution in [-0.4, -0.2) is 35.6 Å². The lowest BCUT2D eigenvalue weighted by molar-refractivity contribution is -0.121. The summed E-state index contributed by atoms with van der Waals surface area (Å²) >= 11 is 6.15. The molecular weight excluding hydrogens is 338 g/mol. The van der Waals surface area contributed by atoms with Crippen molar-refractivity contribution in [2.75, 3.05) is 20.3 Å². The van der Waals surface area contributed by atoms with E-state index >= 15 is 0 Å². The van der Waals surface area contributed by atoms with E-state index in [1.54, 1.807) is 7.11 Å². The van der Waals surface area contributed by atoms with Gasteiger partial charge in [-0.25, -0.2) is 4.98 Å². The predicted octanol–water partition coefficient (Wildman–Crippen LogP) is 3.27. The molecule has 1 unspecified atom stereocenters. The summed E-state index contributed by atoms with van der Waals surface area (Å²) in [6, 6.07) is 13.6. The van der Waals surface area contributed by atoms with Crippen LogP contribution in [0.15, 0.2) is 54.9 Å². The molecule has 25 heavy (non-hydrogen) atoms. The highest BCUT2D eigenvalue weighted by atomic mass is 35.5. The molecule has 0 saturated carbocycles. The summed E-state index contributed by atoms with van der Waals surface area (Å²) in [6.07, 6.45) is 3.97. The second-order valence-electron chi connectivity index (χ2n) is 5.77. The number of imidazole rings is 1. The van der Waals surface area contributed by atoms with Crippen molar-refractivity contribution in [2.24, 2.45) is 0 Å². The van der Waals surface area contributed by atoms with Crippen LogP contribution in [0.5, 0.6) is 0 Å². The highest BCUT2D eigenvalue weighted by Crippen LogP contribution is 2.29. The van der Waals surface area contributed by atoms with E-state index in [2.05, 4.69) is 10.3 Å². The number of hydrogen-bond donors (Lipinski definition) is 1. The van der Waals surface area contributed by atoms with Crippen molar-refractivity contribution in [3.05, 3.63) is 71.1 Å². The first-order chi connectivity index (χ1) is 12.2. The molecule has 1 aromatic carbocycles. The second-order valence-corrected chi connectivity index (χ2v) is 6.21. The number of aromatic nitrogens is 2. The van der Waals surface area contributed by atoms with Crippen LogP contribution in [0, 0.1) is 0 Å². The molecule has 6 heteroatoms. The van der Waals surface area contributed by atoms with E-state index < -0.39 is 0 Å². The SMILES string of the molecule is COCCNC(=O)CC(c1ccccc1)c1cnc2ccc(Cl)cn12. The molecule has 0 fully saturated rings. The number of amides is 1. The maximum absolute atomic E-state index is 12.4. The first-order valence-corrected chi connectivity index (χ1v) is 8.50. The maximum atomic E-state index is 12.4. The number of nitrogens with zero attached hydrogens (tertiary/aromatic N) is 2. The molecule has 0 radical (unpaired) electrons. The van der Waals surface area contributed by atoms with Crippen molar-refractivity contribution in [1.29, 1.82) is 0 Å². The summed E-state index contributed by atoms with van der Waals surface area (Å²) < 4.78 is 6.93. The number of fused-ring (bicyclic) bond motifs is 1. The van der Waals surface area contributed by atoms with Gasteiger partial charge < -0.3 is 14.5 Å². The topological polar surface area (TPSA) is 55.6 Å². The molecule has 3 rings (SSSR count). The van der Waals surface area contributed by atoms with E-state index in [1.807, 2.05) is 59.3 Å². The molecule has 0 bridgehead atoms. The summed E-state index contributed by atoms with van der Waals surface area (Å²) in [4.78, 5) is 16.8. The monoisotopic (exact) mass is 357 g/mol. The number of ether oxygens (including phenoxy) is 1. The molecule has 2 heterocycles. The predicted molar refractivity (Wildman–Crippen MR) is 98.0 cm³/mol. The first kappa shape index (κ1) is 17.5. The Morgan fingerprint density at radius 2 is 2.08 bits per heavy atom. The third kappa shape index (κ3) is 4.18. The Balaban J connectivity index is 1.93. The van der Waals surface area contributed by atoms with Crippen molar-refractivity contribution >= 4 is 23.2 Å². The number of halogens is 1. The van der Waals surface area contributed by atoms with Crippen LogP contribution in [-0.2, 0) is 9.53 Å². The lowest BCUT2D eigenvalue weighted by Gasteiger charge is -2.17. The molecule has 3 aromatic rings. The Labute approximate surface area is 151 Å². The fourth-order valence-corrected chi connectivity index (χ4v) is 3.02. The van der Waals surface area contributed by atoms with Gasteiger partial charge in [0.15, 0.2) is 0 Å².